The number of carbonyl (C=O) groups excluding carboxylic acids is 2. The van der Waals surface area contributed by atoms with Crippen LogP contribution in [0.15, 0.2) is 0 Å². The molecule has 1 aromatic heterocycles. The summed E-state index contributed by atoms with van der Waals surface area (Å²) in [4.78, 5) is 27.9. The van der Waals surface area contributed by atoms with E-state index in [1.807, 2.05) is 0 Å². The quantitative estimate of drug-likeness (QED) is 0.756. The first-order valence-electron chi connectivity index (χ1n) is 8.34. The number of rotatable bonds is 6. The second-order valence-electron chi connectivity index (χ2n) is 6.09. The van der Waals surface area contributed by atoms with Crippen molar-refractivity contribution in [1.29, 1.82) is 0 Å². The highest BCUT2D eigenvalue weighted by Gasteiger charge is 2.29. The summed E-state index contributed by atoms with van der Waals surface area (Å²) in [5, 5.41) is 12.8. The molecular weight excluding hydrogens is 330 g/mol. The van der Waals surface area contributed by atoms with Gasteiger partial charge in [0.2, 0.25) is 22.1 Å². The van der Waals surface area contributed by atoms with Crippen LogP contribution in [-0.4, -0.2) is 61.9 Å². The zero-order chi connectivity index (χ0) is 16.9. The van der Waals surface area contributed by atoms with Crippen LogP contribution >= 0.6 is 11.3 Å². The van der Waals surface area contributed by atoms with E-state index in [4.69, 9.17) is 4.74 Å². The Hall–Kier alpha value is -1.74. The van der Waals surface area contributed by atoms with Crippen molar-refractivity contribution in [2.24, 2.45) is 5.92 Å². The predicted octanol–water partition coefficient (Wildman–Crippen LogP) is 0.644. The molecule has 8 nitrogen and oxygen atoms in total. The van der Waals surface area contributed by atoms with Crippen molar-refractivity contribution in [3.05, 3.63) is 0 Å². The molecule has 132 valence electrons. The summed E-state index contributed by atoms with van der Waals surface area (Å²) in [6.07, 6.45) is 3.29. The molecule has 2 amide bonds. The zero-order valence-corrected chi connectivity index (χ0v) is 14.7. The number of nitrogens with zero attached hydrogens (tertiary/aromatic N) is 4. The van der Waals surface area contributed by atoms with Gasteiger partial charge >= 0.3 is 0 Å². The van der Waals surface area contributed by atoms with Crippen molar-refractivity contribution in [2.45, 2.75) is 25.7 Å². The number of ether oxygens (including phenoxy) is 1. The van der Waals surface area contributed by atoms with Crippen LogP contribution in [0.5, 0.6) is 0 Å². The maximum atomic E-state index is 12.2. The molecule has 2 saturated heterocycles. The maximum absolute atomic E-state index is 12.2. The summed E-state index contributed by atoms with van der Waals surface area (Å²) < 4.78 is 4.96. The van der Waals surface area contributed by atoms with Gasteiger partial charge in [0, 0.05) is 39.7 Å². The third-order valence-corrected chi connectivity index (χ3v) is 5.38. The normalized spacial score (nSPS) is 21.4. The summed E-state index contributed by atoms with van der Waals surface area (Å²) in [6.45, 7) is 3.28. The van der Waals surface area contributed by atoms with E-state index in [1.54, 1.807) is 12.0 Å². The van der Waals surface area contributed by atoms with Crippen molar-refractivity contribution in [1.82, 2.24) is 15.5 Å². The standard InChI is InChI=1S/C15H23N5O3S/c1-23-9-6-16-13(22)11-4-2-7-19(10-11)14-17-18-15(24-14)20-8-3-5-12(20)21/h11H,2-10H2,1H3,(H,16,22)/t11-/m0/s1. The van der Waals surface area contributed by atoms with E-state index >= 15 is 0 Å². The predicted molar refractivity (Wildman–Crippen MR) is 91.3 cm³/mol. The van der Waals surface area contributed by atoms with Crippen LogP contribution in [0.2, 0.25) is 0 Å². The Morgan fingerprint density at radius 1 is 1.33 bits per heavy atom. The number of amides is 2. The molecule has 0 saturated carbocycles. The molecule has 0 spiro atoms. The van der Waals surface area contributed by atoms with Gasteiger partial charge in [-0.25, -0.2) is 0 Å². The van der Waals surface area contributed by atoms with Crippen molar-refractivity contribution in [3.63, 3.8) is 0 Å². The van der Waals surface area contributed by atoms with Gasteiger partial charge in [-0.05, 0) is 19.3 Å². The second kappa shape index (κ2) is 7.89. The first kappa shape index (κ1) is 17.1. The van der Waals surface area contributed by atoms with Gasteiger partial charge in [-0.2, -0.15) is 0 Å². The van der Waals surface area contributed by atoms with Crippen LogP contribution in [0.25, 0.3) is 0 Å². The Kier molecular flexibility index (Phi) is 5.62. The smallest absolute Gasteiger partial charge is 0.228 e. The molecule has 1 N–H and O–H groups in total. The van der Waals surface area contributed by atoms with Crippen molar-refractivity contribution in [3.8, 4) is 0 Å². The molecule has 2 aliphatic heterocycles. The lowest BCUT2D eigenvalue weighted by molar-refractivity contribution is -0.125. The van der Waals surface area contributed by atoms with Crippen LogP contribution < -0.4 is 15.1 Å². The van der Waals surface area contributed by atoms with Gasteiger partial charge in [0.15, 0.2) is 0 Å². The highest BCUT2D eigenvalue weighted by molar-refractivity contribution is 7.19. The Morgan fingerprint density at radius 2 is 2.17 bits per heavy atom. The third kappa shape index (κ3) is 3.84. The lowest BCUT2D eigenvalue weighted by atomic mass is 9.97. The summed E-state index contributed by atoms with van der Waals surface area (Å²) in [5.41, 5.74) is 0. The SMILES string of the molecule is COCCNC(=O)[C@H]1CCCN(c2nnc(N3CCCC3=O)s2)C1. The van der Waals surface area contributed by atoms with Gasteiger partial charge in [0.25, 0.3) is 0 Å². The molecular formula is C15H23N5O3S. The summed E-state index contributed by atoms with van der Waals surface area (Å²) in [5.74, 6) is 0.138. The lowest BCUT2D eigenvalue weighted by Gasteiger charge is -2.31. The maximum Gasteiger partial charge on any atom is 0.228 e. The molecule has 0 aromatic carbocycles. The molecule has 24 heavy (non-hydrogen) atoms. The minimum Gasteiger partial charge on any atom is -0.383 e. The fourth-order valence-corrected chi connectivity index (χ4v) is 4.01. The van der Waals surface area contributed by atoms with Crippen LogP contribution in [-0.2, 0) is 14.3 Å². The molecule has 0 unspecified atom stereocenters. The molecule has 3 heterocycles. The molecule has 0 aliphatic carbocycles. The highest BCUT2D eigenvalue weighted by Crippen LogP contribution is 2.32. The van der Waals surface area contributed by atoms with Gasteiger partial charge in [-0.1, -0.05) is 11.3 Å². The average Bonchev–Trinajstić information content (AvgIpc) is 3.24. The summed E-state index contributed by atoms with van der Waals surface area (Å²) in [7, 11) is 1.62. The van der Waals surface area contributed by atoms with Gasteiger partial charge in [0.1, 0.15) is 0 Å². The molecule has 0 bridgehead atoms. The largest absolute Gasteiger partial charge is 0.383 e. The van der Waals surface area contributed by atoms with E-state index in [0.717, 1.165) is 37.5 Å². The number of hydrogen-bond donors (Lipinski definition) is 1. The van der Waals surface area contributed by atoms with Gasteiger partial charge < -0.3 is 15.0 Å². The fourth-order valence-electron chi connectivity index (χ4n) is 3.08. The summed E-state index contributed by atoms with van der Waals surface area (Å²) in [6, 6.07) is 0. The number of anilines is 2. The number of hydrogen-bond acceptors (Lipinski definition) is 7. The molecule has 3 rings (SSSR count). The number of piperidine rings is 1. The van der Waals surface area contributed by atoms with E-state index in [1.165, 1.54) is 11.3 Å². The lowest BCUT2D eigenvalue weighted by Crippen LogP contribution is -2.43. The van der Waals surface area contributed by atoms with Gasteiger partial charge in [0.05, 0.1) is 12.5 Å². The second-order valence-corrected chi connectivity index (χ2v) is 7.02. The van der Waals surface area contributed by atoms with E-state index in [9.17, 15) is 9.59 Å². The molecule has 1 aromatic rings. The summed E-state index contributed by atoms with van der Waals surface area (Å²) >= 11 is 1.43. The Balaban J connectivity index is 1.59. The van der Waals surface area contributed by atoms with Crippen LogP contribution in [0.3, 0.4) is 0 Å². The first-order valence-corrected chi connectivity index (χ1v) is 9.16. The minimum atomic E-state index is -0.0450. The molecule has 2 fully saturated rings. The first-order chi connectivity index (χ1) is 11.7. The molecule has 9 heteroatoms. The molecule has 2 aliphatic rings. The van der Waals surface area contributed by atoms with E-state index in [0.29, 0.717) is 31.2 Å². The minimum absolute atomic E-state index is 0.0450. The fraction of sp³-hybridized carbons (Fsp3) is 0.733. The average molecular weight is 353 g/mol. The molecule has 0 radical (unpaired) electrons. The highest BCUT2D eigenvalue weighted by atomic mass is 32.1. The van der Waals surface area contributed by atoms with Gasteiger partial charge in [-0.3, -0.25) is 14.5 Å². The number of nitrogens with one attached hydrogen (secondary N) is 1. The number of methoxy groups -OCH3 is 1. The topological polar surface area (TPSA) is 87.7 Å². The Labute approximate surface area is 145 Å². The molecule has 1 atom stereocenters. The number of aromatic nitrogens is 2. The third-order valence-electron chi connectivity index (χ3n) is 4.38. The zero-order valence-electron chi connectivity index (χ0n) is 13.9. The Morgan fingerprint density at radius 3 is 2.92 bits per heavy atom. The van der Waals surface area contributed by atoms with Gasteiger partial charge in [-0.15, -0.1) is 10.2 Å². The van der Waals surface area contributed by atoms with Crippen LogP contribution in [0, 0.1) is 5.92 Å². The van der Waals surface area contributed by atoms with Crippen molar-refractivity contribution in [2.75, 3.05) is 49.7 Å². The van der Waals surface area contributed by atoms with Crippen LogP contribution in [0.4, 0.5) is 10.3 Å². The van der Waals surface area contributed by atoms with E-state index in [-0.39, 0.29) is 17.7 Å². The van der Waals surface area contributed by atoms with E-state index < -0.39 is 0 Å². The number of carbonyl (C=O) groups is 2. The Bertz CT molecular complexity index is 593. The van der Waals surface area contributed by atoms with Crippen molar-refractivity contribution >= 4 is 33.4 Å². The van der Waals surface area contributed by atoms with E-state index in [2.05, 4.69) is 20.4 Å². The van der Waals surface area contributed by atoms with Crippen molar-refractivity contribution < 1.29 is 14.3 Å². The van der Waals surface area contributed by atoms with Crippen LogP contribution in [0.1, 0.15) is 25.7 Å². The monoisotopic (exact) mass is 353 g/mol.